The van der Waals surface area contributed by atoms with Gasteiger partial charge in [-0.1, -0.05) is 74.5 Å². The van der Waals surface area contributed by atoms with Gasteiger partial charge in [-0.05, 0) is 48.1 Å². The summed E-state index contributed by atoms with van der Waals surface area (Å²) < 4.78 is 0. The van der Waals surface area contributed by atoms with Crippen molar-refractivity contribution in [2.45, 2.75) is 34.1 Å². The maximum Gasteiger partial charge on any atom is 0.00412 e. The first-order chi connectivity index (χ1) is 11.2. The Balaban J connectivity index is 0.00000127. The summed E-state index contributed by atoms with van der Waals surface area (Å²) in [6, 6.07) is 17.0. The second-order valence-electron chi connectivity index (χ2n) is 5.24. The molecule has 0 heterocycles. The molecule has 1 heteroatoms. The summed E-state index contributed by atoms with van der Waals surface area (Å²) in [7, 11) is 1.94. The highest BCUT2D eigenvalue weighted by atomic mass is 14.8. The van der Waals surface area contributed by atoms with E-state index in [1.54, 1.807) is 0 Å². The predicted octanol–water partition coefficient (Wildman–Crippen LogP) is 5.69. The normalized spacial score (nSPS) is 11.1. The SMILES string of the molecule is CC.CN/C=C(\C=C/Cc1ccccc1C)c1ccccc1C. The Kier molecular flexibility index (Phi) is 8.52. The molecule has 1 N–H and O–H groups in total. The molecule has 0 saturated carbocycles. The molecule has 2 rings (SSSR count). The molecule has 23 heavy (non-hydrogen) atoms. The average Bonchev–Trinajstić information content (AvgIpc) is 2.58. The Labute approximate surface area is 141 Å². The fourth-order valence-electron chi connectivity index (χ4n) is 2.42. The number of rotatable bonds is 5. The summed E-state index contributed by atoms with van der Waals surface area (Å²) in [5.74, 6) is 0. The predicted molar refractivity (Wildman–Crippen MR) is 104 cm³/mol. The first kappa shape index (κ1) is 18.8. The quantitative estimate of drug-likeness (QED) is 0.700. The Morgan fingerprint density at radius 2 is 1.52 bits per heavy atom. The van der Waals surface area contributed by atoms with Gasteiger partial charge in [0.1, 0.15) is 0 Å². The largest absolute Gasteiger partial charge is 0.393 e. The van der Waals surface area contributed by atoms with Crippen LogP contribution in [0.15, 0.2) is 66.9 Å². The summed E-state index contributed by atoms with van der Waals surface area (Å²) >= 11 is 0. The number of aryl methyl sites for hydroxylation is 2. The average molecular weight is 307 g/mol. The van der Waals surface area contributed by atoms with Crippen molar-refractivity contribution >= 4 is 5.57 Å². The van der Waals surface area contributed by atoms with Crippen molar-refractivity contribution in [2.24, 2.45) is 0 Å². The van der Waals surface area contributed by atoms with Gasteiger partial charge in [0, 0.05) is 13.2 Å². The third-order valence-corrected chi connectivity index (χ3v) is 3.65. The molecule has 0 unspecified atom stereocenters. The molecule has 0 atom stereocenters. The maximum absolute atomic E-state index is 3.14. The van der Waals surface area contributed by atoms with Crippen LogP contribution in [0, 0.1) is 13.8 Å². The van der Waals surface area contributed by atoms with Crippen molar-refractivity contribution in [3.63, 3.8) is 0 Å². The minimum Gasteiger partial charge on any atom is -0.393 e. The zero-order chi connectivity index (χ0) is 17.1. The molecule has 0 fully saturated rings. The third-order valence-electron chi connectivity index (χ3n) is 3.65. The molecule has 2 aromatic carbocycles. The van der Waals surface area contributed by atoms with E-state index >= 15 is 0 Å². The van der Waals surface area contributed by atoms with Gasteiger partial charge < -0.3 is 5.32 Å². The van der Waals surface area contributed by atoms with E-state index in [4.69, 9.17) is 0 Å². The van der Waals surface area contributed by atoms with Crippen molar-refractivity contribution in [2.75, 3.05) is 7.05 Å². The minimum atomic E-state index is 0.958. The molecular weight excluding hydrogens is 278 g/mol. The van der Waals surface area contributed by atoms with Gasteiger partial charge in [-0.3, -0.25) is 0 Å². The number of hydrogen-bond acceptors (Lipinski definition) is 1. The highest BCUT2D eigenvalue weighted by molar-refractivity contribution is 5.75. The molecule has 0 bridgehead atoms. The fraction of sp³-hybridized carbons (Fsp3) is 0.273. The van der Waals surface area contributed by atoms with Gasteiger partial charge in [0.15, 0.2) is 0 Å². The van der Waals surface area contributed by atoms with Gasteiger partial charge in [-0.25, -0.2) is 0 Å². The van der Waals surface area contributed by atoms with Crippen LogP contribution >= 0.6 is 0 Å². The number of hydrogen-bond donors (Lipinski definition) is 1. The van der Waals surface area contributed by atoms with Crippen molar-refractivity contribution in [3.8, 4) is 0 Å². The van der Waals surface area contributed by atoms with Crippen LogP contribution in [0.5, 0.6) is 0 Å². The molecule has 0 amide bonds. The minimum absolute atomic E-state index is 0.958. The van der Waals surface area contributed by atoms with Crippen molar-refractivity contribution in [1.82, 2.24) is 5.32 Å². The molecule has 0 saturated heterocycles. The van der Waals surface area contributed by atoms with Gasteiger partial charge in [-0.2, -0.15) is 0 Å². The summed E-state index contributed by atoms with van der Waals surface area (Å²) in [4.78, 5) is 0. The first-order valence-corrected chi connectivity index (χ1v) is 8.37. The van der Waals surface area contributed by atoms with Gasteiger partial charge >= 0.3 is 0 Å². The highest BCUT2D eigenvalue weighted by Gasteiger charge is 2.01. The van der Waals surface area contributed by atoms with Crippen LogP contribution in [0.2, 0.25) is 0 Å². The molecule has 122 valence electrons. The van der Waals surface area contributed by atoms with Crippen LogP contribution in [0.1, 0.15) is 36.1 Å². The van der Waals surface area contributed by atoms with E-state index in [9.17, 15) is 0 Å². The van der Waals surface area contributed by atoms with E-state index in [1.165, 1.54) is 27.8 Å². The number of allylic oxidation sites excluding steroid dienone is 3. The van der Waals surface area contributed by atoms with Crippen LogP contribution in [-0.2, 0) is 6.42 Å². The second-order valence-corrected chi connectivity index (χ2v) is 5.24. The molecule has 0 radical (unpaired) electrons. The van der Waals surface area contributed by atoms with Crippen molar-refractivity contribution in [3.05, 3.63) is 89.1 Å². The van der Waals surface area contributed by atoms with Crippen LogP contribution in [0.25, 0.3) is 5.57 Å². The summed E-state index contributed by atoms with van der Waals surface area (Å²) in [5.41, 5.74) is 6.50. The zero-order valence-electron chi connectivity index (χ0n) is 15.1. The maximum atomic E-state index is 3.14. The van der Waals surface area contributed by atoms with Crippen LogP contribution in [-0.4, -0.2) is 7.05 Å². The van der Waals surface area contributed by atoms with E-state index in [1.807, 2.05) is 20.9 Å². The summed E-state index contributed by atoms with van der Waals surface area (Å²) in [6.07, 6.45) is 7.44. The molecule has 0 aromatic heterocycles. The molecule has 0 aliphatic heterocycles. The Hall–Kier alpha value is -2.28. The van der Waals surface area contributed by atoms with E-state index in [0.717, 1.165) is 6.42 Å². The van der Waals surface area contributed by atoms with Crippen LogP contribution < -0.4 is 5.32 Å². The number of nitrogens with one attached hydrogen (secondary N) is 1. The zero-order valence-corrected chi connectivity index (χ0v) is 15.1. The van der Waals surface area contributed by atoms with E-state index in [2.05, 4.69) is 86.0 Å². The smallest absolute Gasteiger partial charge is 0.00412 e. The fourth-order valence-corrected chi connectivity index (χ4v) is 2.42. The lowest BCUT2D eigenvalue weighted by molar-refractivity contribution is 1.10. The first-order valence-electron chi connectivity index (χ1n) is 8.37. The molecule has 2 aromatic rings. The van der Waals surface area contributed by atoms with Gasteiger partial charge in [0.05, 0.1) is 0 Å². The molecule has 0 aliphatic carbocycles. The Bertz CT molecular complexity index is 651. The summed E-state index contributed by atoms with van der Waals surface area (Å²) in [5, 5.41) is 3.14. The van der Waals surface area contributed by atoms with Crippen LogP contribution in [0.4, 0.5) is 0 Å². The standard InChI is InChI=1S/C20H23N.C2H6/c1-16-9-4-6-11-18(16)12-8-13-19(15-21-3)20-14-7-5-10-17(20)2;1-2/h4-11,13-15,21H,12H2,1-3H3;1-2H3/b13-8-,19-15+;. The van der Waals surface area contributed by atoms with Gasteiger partial charge in [0.25, 0.3) is 0 Å². The lowest BCUT2D eigenvalue weighted by atomic mass is 9.99. The van der Waals surface area contributed by atoms with Crippen molar-refractivity contribution in [1.29, 1.82) is 0 Å². The van der Waals surface area contributed by atoms with Gasteiger partial charge in [-0.15, -0.1) is 0 Å². The molecule has 1 nitrogen and oxygen atoms in total. The monoisotopic (exact) mass is 307 g/mol. The third kappa shape index (κ3) is 5.78. The lowest BCUT2D eigenvalue weighted by Crippen LogP contribution is -1.96. The topological polar surface area (TPSA) is 12.0 Å². The summed E-state index contributed by atoms with van der Waals surface area (Å²) in [6.45, 7) is 8.31. The van der Waals surface area contributed by atoms with Crippen LogP contribution in [0.3, 0.4) is 0 Å². The molecular formula is C22H29N. The van der Waals surface area contributed by atoms with Crippen molar-refractivity contribution < 1.29 is 0 Å². The highest BCUT2D eigenvalue weighted by Crippen LogP contribution is 2.20. The van der Waals surface area contributed by atoms with Gasteiger partial charge in [0.2, 0.25) is 0 Å². The van der Waals surface area contributed by atoms with E-state index < -0.39 is 0 Å². The van der Waals surface area contributed by atoms with E-state index in [-0.39, 0.29) is 0 Å². The number of benzene rings is 2. The Morgan fingerprint density at radius 1 is 0.913 bits per heavy atom. The lowest BCUT2D eigenvalue weighted by Gasteiger charge is -2.07. The second kappa shape index (κ2) is 10.4. The van der Waals surface area contributed by atoms with E-state index in [0.29, 0.717) is 0 Å². The molecule has 0 aliphatic rings. The molecule has 0 spiro atoms. The Morgan fingerprint density at radius 3 is 2.13 bits per heavy atom.